The first-order chi connectivity index (χ1) is 27.2. The molecule has 4 aromatic carbocycles. The minimum Gasteiger partial charge on any atom is -0.506 e. The van der Waals surface area contributed by atoms with Gasteiger partial charge in [0.1, 0.15) is 17.8 Å². The van der Waals surface area contributed by atoms with Crippen molar-refractivity contribution in [2.24, 2.45) is 0 Å². The van der Waals surface area contributed by atoms with Gasteiger partial charge in [-0.1, -0.05) is 84.4 Å². The Morgan fingerprint density at radius 1 is 0.929 bits per heavy atom. The number of aryl methyl sites for hydroxylation is 1. The molecule has 5 N–H and O–H groups in total. The van der Waals surface area contributed by atoms with Gasteiger partial charge in [-0.05, 0) is 85.0 Å². The van der Waals surface area contributed by atoms with Crippen molar-refractivity contribution in [3.63, 3.8) is 0 Å². The zero-order valence-electron chi connectivity index (χ0n) is 31.6. The summed E-state index contributed by atoms with van der Waals surface area (Å²) in [5, 5.41) is 26.9. The van der Waals surface area contributed by atoms with Crippen molar-refractivity contribution in [1.82, 2.24) is 20.5 Å². The van der Waals surface area contributed by atoms with Crippen LogP contribution in [0.2, 0.25) is 0 Å². The van der Waals surface area contributed by atoms with Gasteiger partial charge in [0.2, 0.25) is 12.0 Å². The van der Waals surface area contributed by atoms with Crippen LogP contribution in [0.5, 0.6) is 5.75 Å². The summed E-state index contributed by atoms with van der Waals surface area (Å²) in [6.07, 6.45) is 1.68. The smallest absolute Gasteiger partial charge is 0.318 e. The molecular weight excluding hydrogens is 725 g/mol. The van der Waals surface area contributed by atoms with Gasteiger partial charge < -0.3 is 35.5 Å². The normalized spacial score (nSPS) is 14.3. The second-order valence-corrected chi connectivity index (χ2v) is 15.3. The molecule has 56 heavy (non-hydrogen) atoms. The number of phenols is 1. The number of aromatic hydroxyl groups is 1. The van der Waals surface area contributed by atoms with Crippen LogP contribution in [0, 0.1) is 6.92 Å². The number of aliphatic hydroxyl groups is 1. The van der Waals surface area contributed by atoms with Gasteiger partial charge in [0.15, 0.2) is 0 Å². The van der Waals surface area contributed by atoms with E-state index in [9.17, 15) is 24.6 Å². The van der Waals surface area contributed by atoms with Gasteiger partial charge in [-0.25, -0.2) is 0 Å². The number of nitrogens with one attached hydrogen (secondary N) is 3. The van der Waals surface area contributed by atoms with E-state index in [0.717, 1.165) is 57.9 Å². The number of benzene rings is 4. The molecule has 2 aromatic heterocycles. The molecule has 10 nitrogen and oxygen atoms in total. The lowest BCUT2D eigenvalue weighted by Gasteiger charge is -2.30. The first-order valence-corrected chi connectivity index (χ1v) is 19.6. The van der Waals surface area contributed by atoms with Crippen LogP contribution in [0.4, 0.5) is 0 Å². The number of fused-ring (bicyclic) bond motifs is 1. The number of pyridine rings is 1. The molecule has 1 saturated heterocycles. The maximum absolute atomic E-state index is 13.4. The molecule has 2 atom stereocenters. The topological polar surface area (TPSA) is 144 Å². The number of carbonyl (C=O) groups excluding carboxylic acids is 2. The number of likely N-dealkylation sites (tertiary alicyclic amines) is 1. The van der Waals surface area contributed by atoms with Crippen LogP contribution in [0.3, 0.4) is 0 Å². The number of hydrogen-bond acceptors (Lipinski definition) is 9. The molecule has 3 heterocycles. The van der Waals surface area contributed by atoms with E-state index in [1.807, 2.05) is 55.5 Å². The predicted octanol–water partition coefficient (Wildman–Crippen LogP) is 6.80. The molecule has 0 aliphatic carbocycles. The standard InChI is InChI=1S/C26H28N2O3S.C19H20N2O3/c1-28-14-12-22(13-15-28)31-26(30)25(19-6-3-2-4-7-19)21-9-5-8-20(16-21)24-11-10-23(32-24)17-27-18-29;1-12-2-4-13(5-3-12)10-20-11-17(23)14-6-8-16(22)19-15(14)7-9-18(24)21-19/h2-11,16,18,22,25H,12-15,17H2,1H3,(H,27,29);2-9,17,20,22-23H,10-11H2,1H3,(H,21,24). The highest BCUT2D eigenvalue weighted by atomic mass is 32.1. The van der Waals surface area contributed by atoms with Crippen LogP contribution in [-0.4, -0.2) is 65.3 Å². The predicted molar refractivity (Wildman–Crippen MR) is 222 cm³/mol. The molecule has 2 unspecified atom stereocenters. The number of phenolic OH excluding ortho intramolecular Hbond substituents is 1. The second kappa shape index (κ2) is 19.3. The maximum Gasteiger partial charge on any atom is 0.318 e. The number of ether oxygens (including phenoxy) is 1. The van der Waals surface area contributed by atoms with E-state index in [2.05, 4.69) is 70.0 Å². The quantitative estimate of drug-likeness (QED) is 0.0638. The first kappa shape index (κ1) is 40.1. The number of piperidine rings is 1. The lowest BCUT2D eigenvalue weighted by atomic mass is 9.90. The van der Waals surface area contributed by atoms with Crippen LogP contribution >= 0.6 is 11.3 Å². The Balaban J connectivity index is 0.000000198. The van der Waals surface area contributed by atoms with E-state index in [1.165, 1.54) is 17.7 Å². The third kappa shape index (κ3) is 10.6. The largest absolute Gasteiger partial charge is 0.506 e. The van der Waals surface area contributed by atoms with Gasteiger partial charge in [0.05, 0.1) is 18.2 Å². The van der Waals surface area contributed by atoms with Crippen molar-refractivity contribution in [1.29, 1.82) is 0 Å². The SMILES string of the molecule is CN1CCC(OC(=O)C(c2ccccc2)c2cccc(-c3ccc(CNC=O)s3)c2)CC1.Cc1ccc(CNCC(O)c2ccc(O)c3[nH]c(=O)ccc23)cc1. The van der Waals surface area contributed by atoms with Gasteiger partial charge in [0, 0.05) is 47.4 Å². The van der Waals surface area contributed by atoms with Crippen LogP contribution in [0.25, 0.3) is 21.3 Å². The van der Waals surface area contributed by atoms with Crippen molar-refractivity contribution in [2.45, 2.75) is 51.0 Å². The van der Waals surface area contributed by atoms with Crippen LogP contribution in [0.1, 0.15) is 57.6 Å². The summed E-state index contributed by atoms with van der Waals surface area (Å²) in [5.41, 5.74) is 5.99. The lowest BCUT2D eigenvalue weighted by molar-refractivity contribution is -0.151. The molecule has 1 aliphatic heterocycles. The molecule has 1 fully saturated rings. The molecular formula is C45H48N4O6S. The number of hydrogen-bond donors (Lipinski definition) is 5. The fraction of sp³-hybridized carbons (Fsp3) is 0.267. The van der Waals surface area contributed by atoms with E-state index < -0.39 is 12.0 Å². The Labute approximate surface area is 330 Å². The van der Waals surface area contributed by atoms with Gasteiger partial charge >= 0.3 is 5.97 Å². The molecule has 1 amide bonds. The number of amides is 1. The van der Waals surface area contributed by atoms with E-state index in [4.69, 9.17) is 4.74 Å². The molecule has 0 spiro atoms. The Morgan fingerprint density at radius 2 is 1.68 bits per heavy atom. The summed E-state index contributed by atoms with van der Waals surface area (Å²) in [7, 11) is 2.10. The third-order valence-electron chi connectivity index (χ3n) is 9.90. The van der Waals surface area contributed by atoms with Crippen molar-refractivity contribution >= 4 is 34.6 Å². The molecule has 0 bridgehead atoms. The molecule has 7 rings (SSSR count). The van der Waals surface area contributed by atoms with Gasteiger partial charge in [0.25, 0.3) is 0 Å². The number of nitrogens with zero attached hydrogens (tertiary/aromatic N) is 1. The Kier molecular flexibility index (Phi) is 13.8. The molecule has 0 saturated carbocycles. The Bertz CT molecular complexity index is 2260. The number of carbonyl (C=O) groups is 2. The number of aromatic amines is 1. The molecule has 1 aliphatic rings. The van der Waals surface area contributed by atoms with E-state index in [0.29, 0.717) is 42.5 Å². The van der Waals surface area contributed by atoms with Crippen molar-refractivity contribution in [3.05, 3.63) is 158 Å². The van der Waals surface area contributed by atoms with Crippen LogP contribution in [0.15, 0.2) is 120 Å². The molecule has 0 radical (unpaired) electrons. The molecule has 6 aromatic rings. The summed E-state index contributed by atoms with van der Waals surface area (Å²) < 4.78 is 6.00. The monoisotopic (exact) mass is 772 g/mol. The minimum absolute atomic E-state index is 0.00809. The molecule has 11 heteroatoms. The van der Waals surface area contributed by atoms with Crippen molar-refractivity contribution in [2.75, 3.05) is 26.7 Å². The van der Waals surface area contributed by atoms with Gasteiger partial charge in [-0.15, -0.1) is 11.3 Å². The summed E-state index contributed by atoms with van der Waals surface area (Å²) in [6.45, 7) is 5.48. The number of esters is 1. The van der Waals surface area contributed by atoms with Crippen LogP contribution in [-0.2, 0) is 27.4 Å². The summed E-state index contributed by atoms with van der Waals surface area (Å²) in [5.74, 6) is -0.664. The van der Waals surface area contributed by atoms with E-state index in [-0.39, 0.29) is 23.4 Å². The number of aliphatic hydroxyl groups excluding tert-OH is 1. The fourth-order valence-electron chi connectivity index (χ4n) is 6.81. The number of H-pyrrole nitrogens is 1. The minimum atomic E-state index is -0.746. The second-order valence-electron chi connectivity index (χ2n) is 14.1. The fourth-order valence-corrected chi connectivity index (χ4v) is 7.76. The van der Waals surface area contributed by atoms with Crippen LogP contribution < -0.4 is 16.2 Å². The van der Waals surface area contributed by atoms with Gasteiger partial charge in [-0.3, -0.25) is 14.4 Å². The van der Waals surface area contributed by atoms with E-state index in [1.54, 1.807) is 23.5 Å². The number of rotatable bonds is 13. The number of thiophene rings is 1. The van der Waals surface area contributed by atoms with Gasteiger partial charge in [-0.2, -0.15) is 0 Å². The highest BCUT2D eigenvalue weighted by Gasteiger charge is 2.29. The zero-order valence-corrected chi connectivity index (χ0v) is 32.4. The van der Waals surface area contributed by atoms with Crippen molar-refractivity contribution < 1.29 is 24.5 Å². The Morgan fingerprint density at radius 3 is 2.43 bits per heavy atom. The van der Waals surface area contributed by atoms with E-state index >= 15 is 0 Å². The highest BCUT2D eigenvalue weighted by molar-refractivity contribution is 7.15. The zero-order chi connectivity index (χ0) is 39.4. The lowest BCUT2D eigenvalue weighted by Crippen LogP contribution is -2.36. The number of aromatic nitrogens is 1. The average molecular weight is 773 g/mol. The maximum atomic E-state index is 13.4. The first-order valence-electron chi connectivity index (χ1n) is 18.8. The highest BCUT2D eigenvalue weighted by Crippen LogP contribution is 2.34. The summed E-state index contributed by atoms with van der Waals surface area (Å²) >= 11 is 1.64. The Hall–Kier alpha value is -5.59. The summed E-state index contributed by atoms with van der Waals surface area (Å²) in [6, 6.07) is 36.4. The molecule has 290 valence electrons. The van der Waals surface area contributed by atoms with Crippen molar-refractivity contribution in [3.8, 4) is 16.2 Å². The third-order valence-corrected chi connectivity index (χ3v) is 11.0. The summed E-state index contributed by atoms with van der Waals surface area (Å²) in [4.78, 5) is 42.5. The average Bonchev–Trinajstić information content (AvgIpc) is 3.69.